The highest BCUT2D eigenvalue weighted by Gasteiger charge is 2.27. The van der Waals surface area contributed by atoms with Crippen LogP contribution in [0.1, 0.15) is 30.2 Å². The fraction of sp³-hybridized carbons (Fsp3) is 0.261. The van der Waals surface area contributed by atoms with Gasteiger partial charge in [-0.2, -0.15) is 4.98 Å². The molecule has 0 bridgehead atoms. The summed E-state index contributed by atoms with van der Waals surface area (Å²) in [5, 5.41) is 4.12. The molecule has 0 atom stereocenters. The number of hydrogen-bond donors (Lipinski definition) is 0. The molecule has 1 fully saturated rings. The third kappa shape index (κ3) is 4.54. The first-order chi connectivity index (χ1) is 14.2. The molecule has 4 rings (SSSR count). The average Bonchev–Trinajstić information content (AvgIpc) is 3.29. The first-order valence-corrected chi connectivity index (χ1v) is 9.73. The highest BCUT2D eigenvalue weighted by Crippen LogP contribution is 2.29. The quantitative estimate of drug-likeness (QED) is 0.613. The van der Waals surface area contributed by atoms with Gasteiger partial charge in [-0.3, -0.25) is 4.79 Å². The third-order valence-electron chi connectivity index (χ3n) is 5.14. The van der Waals surface area contributed by atoms with Crippen molar-refractivity contribution in [2.75, 3.05) is 20.2 Å². The fourth-order valence-electron chi connectivity index (χ4n) is 3.46. The molecule has 1 amide bonds. The van der Waals surface area contributed by atoms with Crippen LogP contribution in [0.4, 0.5) is 0 Å². The van der Waals surface area contributed by atoms with E-state index in [1.165, 1.54) is 0 Å². The van der Waals surface area contributed by atoms with Crippen molar-refractivity contribution in [3.63, 3.8) is 0 Å². The van der Waals surface area contributed by atoms with Crippen molar-refractivity contribution in [2.24, 2.45) is 0 Å². The summed E-state index contributed by atoms with van der Waals surface area (Å²) in [5.74, 6) is 2.15. The Hall–Kier alpha value is -3.41. The van der Waals surface area contributed by atoms with Crippen molar-refractivity contribution in [3.05, 3.63) is 72.1 Å². The smallest absolute Gasteiger partial charge is 0.246 e. The van der Waals surface area contributed by atoms with Gasteiger partial charge in [0.2, 0.25) is 17.6 Å². The zero-order chi connectivity index (χ0) is 20.1. The van der Waals surface area contributed by atoms with Gasteiger partial charge in [0, 0.05) is 30.6 Å². The minimum Gasteiger partial charge on any atom is -0.497 e. The lowest BCUT2D eigenvalue weighted by Crippen LogP contribution is -2.36. The predicted octanol–water partition coefficient (Wildman–Crippen LogP) is 4.16. The van der Waals surface area contributed by atoms with E-state index in [-0.39, 0.29) is 11.8 Å². The summed E-state index contributed by atoms with van der Waals surface area (Å²) in [6, 6.07) is 17.4. The number of hydrogen-bond acceptors (Lipinski definition) is 5. The van der Waals surface area contributed by atoms with E-state index in [1.807, 2.05) is 65.6 Å². The number of carbonyl (C=O) groups excluding carboxylic acids is 1. The molecular formula is C23H23N3O3. The van der Waals surface area contributed by atoms with Crippen LogP contribution in [-0.4, -0.2) is 41.1 Å². The molecular weight excluding hydrogens is 366 g/mol. The largest absolute Gasteiger partial charge is 0.497 e. The SMILES string of the molecule is COc1cccc(-c2noc(C3CCN(C(=O)/C=C/c4ccccc4)CC3)n2)c1. The van der Waals surface area contributed by atoms with Crippen LogP contribution in [-0.2, 0) is 4.79 Å². The number of carbonyl (C=O) groups is 1. The van der Waals surface area contributed by atoms with Crippen molar-refractivity contribution in [1.29, 1.82) is 0 Å². The van der Waals surface area contributed by atoms with Crippen LogP contribution in [0.25, 0.3) is 17.5 Å². The predicted molar refractivity (Wildman–Crippen MR) is 110 cm³/mol. The lowest BCUT2D eigenvalue weighted by Gasteiger charge is -2.29. The Morgan fingerprint density at radius 2 is 1.93 bits per heavy atom. The standard InChI is InChI=1S/C23H23N3O3/c1-28-20-9-5-8-19(16-20)22-24-23(29-25-22)18-12-14-26(15-13-18)21(27)11-10-17-6-3-2-4-7-17/h2-11,16,18H,12-15H2,1H3/b11-10+. The van der Waals surface area contributed by atoms with Crippen molar-refractivity contribution in [2.45, 2.75) is 18.8 Å². The molecule has 29 heavy (non-hydrogen) atoms. The van der Waals surface area contributed by atoms with Crippen molar-refractivity contribution in [1.82, 2.24) is 15.0 Å². The van der Waals surface area contributed by atoms with E-state index in [1.54, 1.807) is 13.2 Å². The van der Waals surface area contributed by atoms with E-state index in [9.17, 15) is 4.79 Å². The number of amides is 1. The molecule has 6 nitrogen and oxygen atoms in total. The second-order valence-electron chi connectivity index (χ2n) is 7.03. The molecule has 2 heterocycles. The van der Waals surface area contributed by atoms with E-state index in [0.29, 0.717) is 24.8 Å². The van der Waals surface area contributed by atoms with E-state index in [2.05, 4.69) is 10.1 Å². The summed E-state index contributed by atoms with van der Waals surface area (Å²) < 4.78 is 10.8. The Labute approximate surface area is 169 Å². The van der Waals surface area contributed by atoms with Crippen LogP contribution in [0.5, 0.6) is 5.75 Å². The first-order valence-electron chi connectivity index (χ1n) is 9.73. The van der Waals surface area contributed by atoms with Gasteiger partial charge in [-0.15, -0.1) is 0 Å². The number of nitrogens with zero attached hydrogens (tertiary/aromatic N) is 3. The number of piperidine rings is 1. The van der Waals surface area contributed by atoms with Crippen molar-refractivity contribution >= 4 is 12.0 Å². The lowest BCUT2D eigenvalue weighted by atomic mass is 9.96. The molecule has 1 aliphatic rings. The summed E-state index contributed by atoms with van der Waals surface area (Å²) in [6.45, 7) is 1.36. The molecule has 1 aromatic heterocycles. The second kappa shape index (κ2) is 8.73. The topological polar surface area (TPSA) is 68.5 Å². The van der Waals surface area contributed by atoms with Crippen LogP contribution in [0, 0.1) is 0 Å². The molecule has 0 saturated carbocycles. The summed E-state index contributed by atoms with van der Waals surface area (Å²) in [5.41, 5.74) is 1.88. The monoisotopic (exact) mass is 389 g/mol. The maximum absolute atomic E-state index is 12.4. The number of benzene rings is 2. The maximum Gasteiger partial charge on any atom is 0.246 e. The molecule has 0 spiro atoms. The van der Waals surface area contributed by atoms with Gasteiger partial charge in [0.15, 0.2) is 0 Å². The molecule has 3 aromatic rings. The number of methoxy groups -OCH3 is 1. The van der Waals surface area contributed by atoms with E-state index in [4.69, 9.17) is 9.26 Å². The van der Waals surface area contributed by atoms with Crippen LogP contribution >= 0.6 is 0 Å². The van der Waals surface area contributed by atoms with E-state index < -0.39 is 0 Å². The Balaban J connectivity index is 1.35. The highest BCUT2D eigenvalue weighted by atomic mass is 16.5. The number of rotatable bonds is 5. The van der Waals surface area contributed by atoms with Gasteiger partial charge in [0.1, 0.15) is 5.75 Å². The second-order valence-corrected chi connectivity index (χ2v) is 7.03. The minimum absolute atomic E-state index is 0.0369. The Bertz CT molecular complexity index is 989. The number of ether oxygens (including phenoxy) is 1. The fourth-order valence-corrected chi connectivity index (χ4v) is 3.46. The van der Waals surface area contributed by atoms with Gasteiger partial charge >= 0.3 is 0 Å². The summed E-state index contributed by atoms with van der Waals surface area (Å²) in [6.07, 6.45) is 5.12. The van der Waals surface area contributed by atoms with Crippen LogP contribution in [0.3, 0.4) is 0 Å². The van der Waals surface area contributed by atoms with Gasteiger partial charge in [-0.1, -0.05) is 47.6 Å². The minimum atomic E-state index is 0.0369. The van der Waals surface area contributed by atoms with Gasteiger partial charge in [-0.25, -0.2) is 0 Å². The average molecular weight is 389 g/mol. The molecule has 148 valence electrons. The van der Waals surface area contributed by atoms with Gasteiger partial charge in [0.25, 0.3) is 0 Å². The molecule has 0 radical (unpaired) electrons. The molecule has 1 aliphatic heterocycles. The van der Waals surface area contributed by atoms with Gasteiger partial charge in [0.05, 0.1) is 7.11 Å². The van der Waals surface area contributed by atoms with Crippen molar-refractivity contribution in [3.8, 4) is 17.1 Å². The normalized spacial score (nSPS) is 15.0. The Morgan fingerprint density at radius 3 is 2.69 bits per heavy atom. The van der Waals surface area contributed by atoms with E-state index in [0.717, 1.165) is 29.7 Å². The molecule has 0 N–H and O–H groups in total. The highest BCUT2D eigenvalue weighted by molar-refractivity contribution is 5.91. The lowest BCUT2D eigenvalue weighted by molar-refractivity contribution is -0.127. The molecule has 0 unspecified atom stereocenters. The summed E-state index contributed by atoms with van der Waals surface area (Å²) >= 11 is 0. The third-order valence-corrected chi connectivity index (χ3v) is 5.14. The van der Waals surface area contributed by atoms with Gasteiger partial charge in [-0.05, 0) is 36.6 Å². The molecule has 0 aliphatic carbocycles. The van der Waals surface area contributed by atoms with Gasteiger partial charge < -0.3 is 14.2 Å². The van der Waals surface area contributed by atoms with E-state index >= 15 is 0 Å². The molecule has 6 heteroatoms. The summed E-state index contributed by atoms with van der Waals surface area (Å²) in [7, 11) is 1.63. The maximum atomic E-state index is 12.4. The molecule has 1 saturated heterocycles. The summed E-state index contributed by atoms with van der Waals surface area (Å²) in [4.78, 5) is 18.9. The van der Waals surface area contributed by atoms with Crippen molar-refractivity contribution < 1.29 is 14.1 Å². The number of aromatic nitrogens is 2. The zero-order valence-electron chi connectivity index (χ0n) is 16.3. The van der Waals surface area contributed by atoms with Crippen LogP contribution < -0.4 is 4.74 Å². The Morgan fingerprint density at radius 1 is 1.14 bits per heavy atom. The van der Waals surface area contributed by atoms with Crippen LogP contribution in [0.2, 0.25) is 0 Å². The molecule has 2 aromatic carbocycles. The number of likely N-dealkylation sites (tertiary alicyclic amines) is 1. The van der Waals surface area contributed by atoms with Crippen LogP contribution in [0.15, 0.2) is 65.2 Å². The zero-order valence-corrected chi connectivity index (χ0v) is 16.3. The first kappa shape index (κ1) is 18.9. The Kier molecular flexibility index (Phi) is 5.70.